The van der Waals surface area contributed by atoms with Crippen LogP contribution in [0.15, 0.2) is 0 Å². The summed E-state index contributed by atoms with van der Waals surface area (Å²) in [6.45, 7) is 5.79. The fourth-order valence-electron chi connectivity index (χ4n) is 2.80. The van der Waals surface area contributed by atoms with E-state index in [-0.39, 0.29) is 35.7 Å². The number of amides is 1. The van der Waals surface area contributed by atoms with Crippen LogP contribution in [0.4, 0.5) is 0 Å². The Morgan fingerprint density at radius 2 is 2.30 bits per heavy atom. The predicted molar refractivity (Wildman–Crippen MR) is 74.3 cm³/mol. The van der Waals surface area contributed by atoms with Crippen molar-refractivity contribution in [3.8, 4) is 0 Å². The first-order valence-electron chi connectivity index (χ1n) is 7.58. The van der Waals surface area contributed by atoms with E-state index in [4.69, 9.17) is 9.47 Å². The SMILES string of the molecule is C[C@H](CO[C@@H]1CCOC1)NC(=O)[C@H]1CCC(=O)[C@@H](C)C1. The minimum absolute atomic E-state index is 0.00367. The molecular formula is C15H25NO4. The predicted octanol–water partition coefficient (Wildman–Crippen LogP) is 1.30. The number of hydrogen-bond acceptors (Lipinski definition) is 4. The van der Waals surface area contributed by atoms with Crippen LogP contribution < -0.4 is 5.32 Å². The Labute approximate surface area is 120 Å². The molecule has 1 aliphatic heterocycles. The normalized spacial score (nSPS) is 32.1. The quantitative estimate of drug-likeness (QED) is 0.826. The summed E-state index contributed by atoms with van der Waals surface area (Å²) in [5.74, 6) is 0.330. The zero-order chi connectivity index (χ0) is 14.5. The van der Waals surface area contributed by atoms with E-state index in [9.17, 15) is 9.59 Å². The van der Waals surface area contributed by atoms with Crippen LogP contribution in [0.5, 0.6) is 0 Å². The second kappa shape index (κ2) is 7.18. The van der Waals surface area contributed by atoms with Crippen LogP contribution in [0.2, 0.25) is 0 Å². The van der Waals surface area contributed by atoms with Gasteiger partial charge in [-0.15, -0.1) is 0 Å². The van der Waals surface area contributed by atoms with Gasteiger partial charge >= 0.3 is 0 Å². The van der Waals surface area contributed by atoms with E-state index in [1.54, 1.807) is 0 Å². The van der Waals surface area contributed by atoms with Crippen molar-refractivity contribution in [3.05, 3.63) is 0 Å². The van der Waals surface area contributed by atoms with Crippen molar-refractivity contribution in [2.75, 3.05) is 19.8 Å². The monoisotopic (exact) mass is 283 g/mol. The lowest BCUT2D eigenvalue weighted by Gasteiger charge is -2.26. The van der Waals surface area contributed by atoms with Crippen molar-refractivity contribution in [1.29, 1.82) is 0 Å². The largest absolute Gasteiger partial charge is 0.379 e. The Bertz CT molecular complexity index is 352. The average Bonchev–Trinajstić information content (AvgIpc) is 2.92. The van der Waals surface area contributed by atoms with Crippen molar-refractivity contribution >= 4 is 11.7 Å². The number of hydrogen-bond donors (Lipinski definition) is 1. The number of carbonyl (C=O) groups excluding carboxylic acids is 2. The highest BCUT2D eigenvalue weighted by atomic mass is 16.5. The van der Waals surface area contributed by atoms with Gasteiger partial charge < -0.3 is 14.8 Å². The van der Waals surface area contributed by atoms with E-state index >= 15 is 0 Å². The Balaban J connectivity index is 1.68. The van der Waals surface area contributed by atoms with Crippen LogP contribution in [0.3, 0.4) is 0 Å². The summed E-state index contributed by atoms with van der Waals surface area (Å²) in [5, 5.41) is 2.99. The Kier molecular flexibility index (Phi) is 5.54. The van der Waals surface area contributed by atoms with Gasteiger partial charge in [0.05, 0.1) is 19.3 Å². The molecule has 1 N–H and O–H groups in total. The number of ether oxygens (including phenoxy) is 2. The molecule has 1 amide bonds. The molecule has 0 radical (unpaired) electrons. The topological polar surface area (TPSA) is 64.6 Å². The van der Waals surface area contributed by atoms with Gasteiger partial charge in [-0.3, -0.25) is 9.59 Å². The maximum atomic E-state index is 12.2. The molecule has 0 aromatic carbocycles. The van der Waals surface area contributed by atoms with Crippen LogP contribution in [0.1, 0.15) is 39.5 Å². The lowest BCUT2D eigenvalue weighted by molar-refractivity contribution is -0.131. The molecule has 1 aliphatic carbocycles. The summed E-state index contributed by atoms with van der Waals surface area (Å²) in [6.07, 6.45) is 2.99. The molecule has 0 bridgehead atoms. The maximum absolute atomic E-state index is 12.2. The fraction of sp³-hybridized carbons (Fsp3) is 0.867. The molecule has 114 valence electrons. The third-order valence-corrected chi connectivity index (χ3v) is 4.16. The summed E-state index contributed by atoms with van der Waals surface area (Å²) in [7, 11) is 0. The summed E-state index contributed by atoms with van der Waals surface area (Å²) in [4.78, 5) is 23.6. The van der Waals surface area contributed by atoms with E-state index in [0.29, 0.717) is 32.5 Å². The van der Waals surface area contributed by atoms with Crippen molar-refractivity contribution in [3.63, 3.8) is 0 Å². The van der Waals surface area contributed by atoms with Gasteiger partial charge in [-0.05, 0) is 26.2 Å². The molecule has 1 saturated heterocycles. The van der Waals surface area contributed by atoms with Gasteiger partial charge in [0.25, 0.3) is 0 Å². The molecule has 2 fully saturated rings. The van der Waals surface area contributed by atoms with Gasteiger partial charge in [-0.2, -0.15) is 0 Å². The summed E-state index contributed by atoms with van der Waals surface area (Å²) in [5.41, 5.74) is 0. The van der Waals surface area contributed by atoms with Crippen LogP contribution in [-0.2, 0) is 19.1 Å². The van der Waals surface area contributed by atoms with Crippen molar-refractivity contribution in [1.82, 2.24) is 5.32 Å². The minimum Gasteiger partial charge on any atom is -0.379 e. The van der Waals surface area contributed by atoms with E-state index in [1.807, 2.05) is 13.8 Å². The molecule has 20 heavy (non-hydrogen) atoms. The second-order valence-corrected chi connectivity index (χ2v) is 6.07. The zero-order valence-electron chi connectivity index (χ0n) is 12.4. The Hall–Kier alpha value is -0.940. The Morgan fingerprint density at radius 3 is 2.95 bits per heavy atom. The van der Waals surface area contributed by atoms with Crippen molar-refractivity contribution in [2.45, 2.75) is 51.7 Å². The minimum atomic E-state index is -0.0278. The lowest BCUT2D eigenvalue weighted by Crippen LogP contribution is -2.42. The first-order valence-corrected chi connectivity index (χ1v) is 7.58. The Morgan fingerprint density at radius 1 is 1.50 bits per heavy atom. The number of carbonyl (C=O) groups is 2. The van der Waals surface area contributed by atoms with Crippen LogP contribution in [0.25, 0.3) is 0 Å². The first-order chi connectivity index (χ1) is 9.56. The number of Topliss-reactive ketones (excluding diaryl/α,β-unsaturated/α-hetero) is 1. The molecule has 5 heteroatoms. The number of rotatable bonds is 5. The van der Waals surface area contributed by atoms with Gasteiger partial charge in [-0.25, -0.2) is 0 Å². The van der Waals surface area contributed by atoms with E-state index in [0.717, 1.165) is 13.0 Å². The molecule has 0 spiro atoms. The molecule has 0 aromatic rings. The highest BCUT2D eigenvalue weighted by Gasteiger charge is 2.30. The molecule has 2 aliphatic rings. The average molecular weight is 283 g/mol. The van der Waals surface area contributed by atoms with E-state index in [1.165, 1.54) is 0 Å². The lowest BCUT2D eigenvalue weighted by atomic mass is 9.81. The van der Waals surface area contributed by atoms with Crippen LogP contribution in [0, 0.1) is 11.8 Å². The highest BCUT2D eigenvalue weighted by molar-refractivity contribution is 5.86. The molecule has 1 saturated carbocycles. The van der Waals surface area contributed by atoms with Gasteiger partial charge in [0, 0.05) is 30.9 Å². The molecule has 1 heterocycles. The summed E-state index contributed by atoms with van der Waals surface area (Å²) < 4.78 is 10.9. The molecule has 5 nitrogen and oxygen atoms in total. The third-order valence-electron chi connectivity index (χ3n) is 4.16. The standard InChI is InChI=1S/C15H25NO4/c1-10-7-12(3-4-14(10)17)15(18)16-11(2)8-20-13-5-6-19-9-13/h10-13H,3-9H2,1-2H3,(H,16,18)/t10-,11+,12-,13+/m0/s1. The summed E-state index contributed by atoms with van der Waals surface area (Å²) in [6, 6.07) is -0.00367. The molecular weight excluding hydrogens is 258 g/mol. The number of nitrogens with one attached hydrogen (secondary N) is 1. The van der Waals surface area contributed by atoms with Crippen molar-refractivity contribution < 1.29 is 19.1 Å². The second-order valence-electron chi connectivity index (χ2n) is 6.07. The van der Waals surface area contributed by atoms with Gasteiger partial charge in [0.15, 0.2) is 0 Å². The molecule has 0 aromatic heterocycles. The third kappa shape index (κ3) is 4.28. The zero-order valence-corrected chi connectivity index (χ0v) is 12.4. The smallest absolute Gasteiger partial charge is 0.223 e. The van der Waals surface area contributed by atoms with Gasteiger partial charge in [0.2, 0.25) is 5.91 Å². The first kappa shape index (κ1) is 15.4. The van der Waals surface area contributed by atoms with Gasteiger partial charge in [-0.1, -0.05) is 6.92 Å². The van der Waals surface area contributed by atoms with E-state index in [2.05, 4.69) is 5.32 Å². The maximum Gasteiger partial charge on any atom is 0.223 e. The van der Waals surface area contributed by atoms with Crippen LogP contribution in [-0.4, -0.2) is 43.7 Å². The van der Waals surface area contributed by atoms with E-state index < -0.39 is 0 Å². The highest BCUT2D eigenvalue weighted by Crippen LogP contribution is 2.26. The molecule has 4 atom stereocenters. The van der Waals surface area contributed by atoms with Crippen molar-refractivity contribution in [2.24, 2.45) is 11.8 Å². The molecule has 2 rings (SSSR count). The van der Waals surface area contributed by atoms with Gasteiger partial charge in [0.1, 0.15) is 5.78 Å². The van der Waals surface area contributed by atoms with Crippen LogP contribution >= 0.6 is 0 Å². The molecule has 0 unspecified atom stereocenters. The number of ketones is 1. The fourth-order valence-corrected chi connectivity index (χ4v) is 2.80. The summed E-state index contributed by atoms with van der Waals surface area (Å²) >= 11 is 0.